The van der Waals surface area contributed by atoms with Crippen molar-refractivity contribution in [3.05, 3.63) is 0 Å². The molecule has 0 bridgehead atoms. The van der Waals surface area contributed by atoms with E-state index in [0.29, 0.717) is 0 Å². The molecule has 0 aliphatic carbocycles. The number of aliphatic carboxylic acids is 2. The summed E-state index contributed by atoms with van der Waals surface area (Å²) in [6.07, 6.45) is 51.5. The summed E-state index contributed by atoms with van der Waals surface area (Å²) in [7, 11) is 0. The van der Waals surface area contributed by atoms with E-state index in [2.05, 4.69) is 13.8 Å². The minimum absolute atomic E-state index is 0. The molecule has 49 heavy (non-hydrogen) atoms. The second-order valence-corrected chi connectivity index (χ2v) is 15.0. The number of carboxylic acids is 2. The summed E-state index contributed by atoms with van der Waals surface area (Å²) in [6, 6.07) is 0. The Labute approximate surface area is 328 Å². The average Bonchev–Trinajstić information content (AvgIpc) is 3.07. The van der Waals surface area contributed by atoms with Crippen LogP contribution < -0.4 is 10.2 Å². The van der Waals surface area contributed by atoms with Crippen molar-refractivity contribution >= 4 is 11.9 Å². The number of carboxylic acid groups (broad SMARTS) is 2. The Kier molecular flexibility index (Phi) is 54.3. The van der Waals surface area contributed by atoms with Crippen molar-refractivity contribution in [1.82, 2.24) is 0 Å². The third-order valence-corrected chi connectivity index (χ3v) is 9.97. The fourth-order valence-corrected chi connectivity index (χ4v) is 6.70. The van der Waals surface area contributed by atoms with Gasteiger partial charge in [0.25, 0.3) is 0 Å². The molecule has 0 unspecified atom stereocenters. The van der Waals surface area contributed by atoms with E-state index in [1.807, 2.05) is 0 Å². The molecule has 0 amide bonds. The van der Waals surface area contributed by atoms with Crippen LogP contribution in [0.5, 0.6) is 0 Å². The van der Waals surface area contributed by atoms with Crippen molar-refractivity contribution in [2.45, 2.75) is 271 Å². The van der Waals surface area contributed by atoms with Crippen LogP contribution in [0.25, 0.3) is 0 Å². The molecule has 0 aliphatic heterocycles. The second kappa shape index (κ2) is 50.0. The molecular formula is C44H86CdO4. The van der Waals surface area contributed by atoms with Gasteiger partial charge in [-0.2, -0.15) is 0 Å². The molecule has 0 saturated carbocycles. The van der Waals surface area contributed by atoms with Crippen molar-refractivity contribution in [1.29, 1.82) is 0 Å². The number of unbranched alkanes of at least 4 members (excludes halogenated alkanes) is 36. The molecule has 0 heterocycles. The minimum atomic E-state index is -0.901. The van der Waals surface area contributed by atoms with Crippen LogP contribution >= 0.6 is 0 Å². The van der Waals surface area contributed by atoms with E-state index in [-0.39, 0.29) is 40.1 Å². The molecule has 0 aromatic carbocycles. The fraction of sp³-hybridized carbons (Fsp3) is 0.955. The van der Waals surface area contributed by atoms with Crippen LogP contribution in [-0.2, 0) is 36.9 Å². The quantitative estimate of drug-likeness (QED) is 0.0457. The maximum Gasteiger partial charge on any atom is 2.00 e. The standard InChI is InChI=1S/2C22H44O2.Cd/c2*1-2-3-4-5-6-7-8-9-10-11-12-13-14-15-16-17-18-19-20-21-22(23)24;/h2*2-21H2,1H3,(H,23,24);/q;;+2/p-2. The first kappa shape index (κ1) is 53.2. The van der Waals surface area contributed by atoms with Gasteiger partial charge in [0.15, 0.2) is 0 Å². The average molecular weight is 792 g/mol. The fourth-order valence-electron chi connectivity index (χ4n) is 6.70. The van der Waals surface area contributed by atoms with E-state index in [0.717, 1.165) is 25.7 Å². The van der Waals surface area contributed by atoms with Gasteiger partial charge in [0, 0.05) is 11.9 Å². The Morgan fingerprint density at radius 1 is 0.265 bits per heavy atom. The molecule has 5 heteroatoms. The van der Waals surface area contributed by atoms with Crippen LogP contribution in [0.2, 0.25) is 0 Å². The van der Waals surface area contributed by atoms with Crippen LogP contribution in [0.3, 0.4) is 0 Å². The Hall–Kier alpha value is -0.138. The van der Waals surface area contributed by atoms with Crippen LogP contribution in [0.4, 0.5) is 0 Å². The van der Waals surface area contributed by atoms with Crippen LogP contribution in [0, 0.1) is 0 Å². The Balaban J connectivity index is -0.000000846. The molecule has 0 radical (unpaired) electrons. The molecule has 0 aromatic rings. The van der Waals surface area contributed by atoms with E-state index in [1.165, 1.54) is 218 Å². The molecule has 0 saturated heterocycles. The van der Waals surface area contributed by atoms with Crippen molar-refractivity contribution in [3.63, 3.8) is 0 Å². The maximum atomic E-state index is 10.3. The van der Waals surface area contributed by atoms with Gasteiger partial charge in [0.2, 0.25) is 0 Å². The molecule has 0 spiro atoms. The number of carbonyl (C=O) groups is 2. The van der Waals surface area contributed by atoms with Crippen LogP contribution in [-0.4, -0.2) is 11.9 Å². The number of hydrogen-bond donors (Lipinski definition) is 0. The van der Waals surface area contributed by atoms with Crippen LogP contribution in [0.15, 0.2) is 0 Å². The molecule has 0 fully saturated rings. The SMILES string of the molecule is CCCCCCCCCCCCCCCCCCCCCC(=O)[O-].CCCCCCCCCCCCCCCCCCCCCC(=O)[O-].[Cd+2]. The van der Waals surface area contributed by atoms with Gasteiger partial charge in [-0.1, -0.05) is 245 Å². The van der Waals surface area contributed by atoms with E-state index in [9.17, 15) is 19.8 Å². The zero-order chi connectivity index (χ0) is 35.4. The normalized spacial score (nSPS) is 10.8. The Morgan fingerprint density at radius 3 is 0.510 bits per heavy atom. The first-order chi connectivity index (χ1) is 23.5. The van der Waals surface area contributed by atoms with Gasteiger partial charge in [-0.3, -0.25) is 0 Å². The number of hydrogen-bond acceptors (Lipinski definition) is 4. The summed E-state index contributed by atoms with van der Waals surface area (Å²) in [4.78, 5) is 20.5. The third kappa shape index (κ3) is 57.4. The topological polar surface area (TPSA) is 80.3 Å². The Bertz CT molecular complexity index is 560. The van der Waals surface area contributed by atoms with E-state index in [1.54, 1.807) is 0 Å². The monoisotopic (exact) mass is 793 g/mol. The summed E-state index contributed by atoms with van der Waals surface area (Å²) < 4.78 is 0. The largest absolute Gasteiger partial charge is 2.00 e. The van der Waals surface area contributed by atoms with E-state index >= 15 is 0 Å². The third-order valence-electron chi connectivity index (χ3n) is 9.97. The molecule has 0 atom stereocenters. The summed E-state index contributed by atoms with van der Waals surface area (Å²) >= 11 is 0. The summed E-state index contributed by atoms with van der Waals surface area (Å²) in [6.45, 7) is 4.56. The molecular weight excluding hydrogens is 705 g/mol. The summed E-state index contributed by atoms with van der Waals surface area (Å²) in [5.74, 6) is -1.80. The molecule has 0 aliphatic rings. The molecule has 0 aromatic heterocycles. The van der Waals surface area contributed by atoms with Gasteiger partial charge in [0.05, 0.1) is 0 Å². The van der Waals surface area contributed by atoms with Gasteiger partial charge < -0.3 is 19.8 Å². The number of carbonyl (C=O) groups excluding carboxylic acids is 2. The zero-order valence-corrected chi connectivity index (χ0v) is 37.7. The summed E-state index contributed by atoms with van der Waals surface area (Å²) in [5.41, 5.74) is 0. The molecule has 0 N–H and O–H groups in total. The van der Waals surface area contributed by atoms with Crippen molar-refractivity contribution in [2.75, 3.05) is 0 Å². The van der Waals surface area contributed by atoms with E-state index < -0.39 is 11.9 Å². The van der Waals surface area contributed by atoms with Gasteiger partial charge in [-0.15, -0.1) is 0 Å². The maximum absolute atomic E-state index is 10.3. The predicted octanol–water partition coefficient (Wildman–Crippen LogP) is 13.1. The van der Waals surface area contributed by atoms with Crippen molar-refractivity contribution in [3.8, 4) is 0 Å². The van der Waals surface area contributed by atoms with Gasteiger partial charge in [-0.25, -0.2) is 0 Å². The minimum Gasteiger partial charge on any atom is -0.550 e. The van der Waals surface area contributed by atoms with Gasteiger partial charge >= 0.3 is 27.3 Å². The van der Waals surface area contributed by atoms with Crippen molar-refractivity contribution < 1.29 is 47.1 Å². The van der Waals surface area contributed by atoms with Gasteiger partial charge in [0.1, 0.15) is 0 Å². The van der Waals surface area contributed by atoms with Gasteiger partial charge in [-0.05, 0) is 25.7 Å². The first-order valence-corrected chi connectivity index (χ1v) is 21.9. The molecule has 0 rings (SSSR count). The zero-order valence-electron chi connectivity index (χ0n) is 33.6. The second-order valence-electron chi connectivity index (χ2n) is 15.0. The predicted molar refractivity (Wildman–Crippen MR) is 206 cm³/mol. The smallest absolute Gasteiger partial charge is 0.550 e. The number of rotatable bonds is 40. The van der Waals surface area contributed by atoms with Crippen molar-refractivity contribution in [2.24, 2.45) is 0 Å². The van der Waals surface area contributed by atoms with Crippen LogP contribution in [0.1, 0.15) is 271 Å². The Morgan fingerprint density at radius 2 is 0.388 bits per heavy atom. The molecule has 4 nitrogen and oxygen atoms in total. The first-order valence-electron chi connectivity index (χ1n) is 21.9. The summed E-state index contributed by atoms with van der Waals surface area (Å²) in [5, 5.41) is 20.5. The van der Waals surface area contributed by atoms with E-state index in [4.69, 9.17) is 0 Å². The molecule has 288 valence electrons.